The predicted molar refractivity (Wildman–Crippen MR) is 107 cm³/mol. The summed E-state index contributed by atoms with van der Waals surface area (Å²) in [5.74, 6) is 0.552. The van der Waals surface area contributed by atoms with Crippen LogP contribution >= 0.6 is 0 Å². The average Bonchev–Trinajstić information content (AvgIpc) is 2.72. The van der Waals surface area contributed by atoms with Crippen LogP contribution in [0.15, 0.2) is 46.2 Å². The van der Waals surface area contributed by atoms with Crippen molar-refractivity contribution in [3.63, 3.8) is 0 Å². The Morgan fingerprint density at radius 3 is 2.39 bits per heavy atom. The molecule has 1 aromatic carbocycles. The molecule has 1 aliphatic carbocycles. The Morgan fingerprint density at radius 1 is 1.07 bits per heavy atom. The summed E-state index contributed by atoms with van der Waals surface area (Å²) in [6.07, 6.45) is 8.47. The van der Waals surface area contributed by atoms with Crippen LogP contribution in [0.2, 0.25) is 0 Å². The zero-order valence-electron chi connectivity index (χ0n) is 16.5. The van der Waals surface area contributed by atoms with Gasteiger partial charge in [-0.1, -0.05) is 19.3 Å². The normalized spacial score (nSPS) is 14.6. The summed E-state index contributed by atoms with van der Waals surface area (Å²) in [6.45, 7) is 2.33. The molecule has 1 saturated carbocycles. The average molecular weight is 385 g/mol. The molecular formula is C21H27N3O4. The molecule has 1 aliphatic rings. The number of amides is 1. The van der Waals surface area contributed by atoms with Crippen LogP contribution in [0.4, 0.5) is 0 Å². The molecule has 7 heteroatoms. The monoisotopic (exact) mass is 385 g/mol. The van der Waals surface area contributed by atoms with E-state index in [1.165, 1.54) is 27.9 Å². The summed E-state index contributed by atoms with van der Waals surface area (Å²) in [7, 11) is 1.78. The number of aromatic nitrogens is 2. The maximum absolute atomic E-state index is 12.6. The Bertz CT molecular complexity index is 924. The minimum absolute atomic E-state index is 0.120. The summed E-state index contributed by atoms with van der Waals surface area (Å²) in [4.78, 5) is 39.3. The van der Waals surface area contributed by atoms with E-state index in [0.29, 0.717) is 18.0 Å². The second-order valence-corrected chi connectivity index (χ2v) is 7.13. The van der Waals surface area contributed by atoms with Gasteiger partial charge in [0.05, 0.1) is 6.61 Å². The van der Waals surface area contributed by atoms with Gasteiger partial charge in [-0.05, 0) is 44.0 Å². The molecule has 1 fully saturated rings. The van der Waals surface area contributed by atoms with Crippen LogP contribution < -0.4 is 15.9 Å². The minimum atomic E-state index is -0.707. The maximum atomic E-state index is 12.6. The first-order valence-electron chi connectivity index (χ1n) is 9.82. The van der Waals surface area contributed by atoms with E-state index in [9.17, 15) is 14.4 Å². The zero-order valence-corrected chi connectivity index (χ0v) is 16.5. The van der Waals surface area contributed by atoms with E-state index >= 15 is 0 Å². The molecule has 0 saturated heterocycles. The van der Waals surface area contributed by atoms with Crippen molar-refractivity contribution in [2.24, 2.45) is 0 Å². The van der Waals surface area contributed by atoms with E-state index in [0.717, 1.165) is 25.7 Å². The minimum Gasteiger partial charge on any atom is -0.494 e. The number of hydrogen-bond donors (Lipinski definition) is 0. The molecule has 1 heterocycles. The highest BCUT2D eigenvalue weighted by molar-refractivity contribution is 5.76. The van der Waals surface area contributed by atoms with E-state index in [-0.39, 0.29) is 18.5 Å². The third-order valence-electron chi connectivity index (χ3n) is 5.31. The molecule has 7 nitrogen and oxygen atoms in total. The number of carbonyl (C=O) groups is 1. The summed E-state index contributed by atoms with van der Waals surface area (Å²) < 4.78 is 7.86. The molecule has 2 aromatic rings. The lowest BCUT2D eigenvalue weighted by molar-refractivity contribution is -0.133. The van der Waals surface area contributed by atoms with Gasteiger partial charge in [-0.3, -0.25) is 23.5 Å². The van der Waals surface area contributed by atoms with Crippen LogP contribution in [0.1, 0.15) is 39.0 Å². The smallest absolute Gasteiger partial charge is 0.320 e. The maximum Gasteiger partial charge on any atom is 0.320 e. The van der Waals surface area contributed by atoms with Gasteiger partial charge in [0.2, 0.25) is 5.91 Å². The number of hydrogen-bond acceptors (Lipinski definition) is 4. The molecule has 0 radical (unpaired) electrons. The fourth-order valence-corrected chi connectivity index (χ4v) is 3.64. The van der Waals surface area contributed by atoms with Crippen molar-refractivity contribution in [2.45, 2.75) is 51.6 Å². The number of rotatable bonds is 6. The Morgan fingerprint density at radius 2 is 1.75 bits per heavy atom. The Labute approximate surface area is 164 Å². The van der Waals surface area contributed by atoms with Crippen LogP contribution in [-0.4, -0.2) is 39.6 Å². The zero-order chi connectivity index (χ0) is 20.1. The van der Waals surface area contributed by atoms with Gasteiger partial charge in [-0.2, -0.15) is 0 Å². The third kappa shape index (κ3) is 4.35. The first-order chi connectivity index (χ1) is 13.5. The van der Waals surface area contributed by atoms with Gasteiger partial charge >= 0.3 is 11.1 Å². The molecule has 0 spiro atoms. The fraction of sp³-hybridized carbons (Fsp3) is 0.476. The number of nitrogens with zero attached hydrogens (tertiary/aromatic N) is 3. The van der Waals surface area contributed by atoms with Crippen LogP contribution in [-0.2, 0) is 11.3 Å². The lowest BCUT2D eigenvalue weighted by atomic mass is 9.94. The molecule has 0 N–H and O–H groups in total. The van der Waals surface area contributed by atoms with Gasteiger partial charge in [-0.15, -0.1) is 0 Å². The lowest BCUT2D eigenvalue weighted by Crippen LogP contribution is -2.45. The van der Waals surface area contributed by atoms with Crippen LogP contribution in [0.25, 0.3) is 5.69 Å². The number of carbonyl (C=O) groups excluding carboxylic acids is 1. The molecule has 3 rings (SSSR count). The molecule has 1 aromatic heterocycles. The van der Waals surface area contributed by atoms with Crippen LogP contribution in [0.5, 0.6) is 5.75 Å². The van der Waals surface area contributed by atoms with Crippen molar-refractivity contribution >= 4 is 5.91 Å². The number of benzene rings is 1. The number of likely N-dealkylation sites (N-methyl/N-ethyl adjacent to an activating group) is 1. The predicted octanol–water partition coefficient (Wildman–Crippen LogP) is 2.19. The second-order valence-electron chi connectivity index (χ2n) is 7.13. The highest BCUT2D eigenvalue weighted by Crippen LogP contribution is 2.21. The van der Waals surface area contributed by atoms with Crippen LogP contribution in [0, 0.1) is 0 Å². The SMILES string of the molecule is CCOc1ccc(-n2ccn(CC(=O)N(C)C3CCCCC3)c(=O)c2=O)cc1. The van der Waals surface area contributed by atoms with Crippen molar-refractivity contribution < 1.29 is 9.53 Å². The van der Waals surface area contributed by atoms with E-state index in [1.54, 1.807) is 36.2 Å². The van der Waals surface area contributed by atoms with Crippen molar-refractivity contribution in [3.8, 4) is 11.4 Å². The van der Waals surface area contributed by atoms with Gasteiger partial charge in [0.25, 0.3) is 0 Å². The van der Waals surface area contributed by atoms with Gasteiger partial charge < -0.3 is 9.64 Å². The highest BCUT2D eigenvalue weighted by atomic mass is 16.5. The Kier molecular flexibility index (Phi) is 6.34. The van der Waals surface area contributed by atoms with E-state index < -0.39 is 11.1 Å². The molecule has 0 aliphatic heterocycles. The summed E-state index contributed by atoms with van der Waals surface area (Å²) in [6, 6.07) is 7.16. The molecule has 0 unspecified atom stereocenters. The van der Waals surface area contributed by atoms with Gasteiger partial charge in [0.15, 0.2) is 0 Å². The van der Waals surface area contributed by atoms with Crippen molar-refractivity contribution in [1.29, 1.82) is 0 Å². The molecule has 28 heavy (non-hydrogen) atoms. The topological polar surface area (TPSA) is 73.5 Å². The molecule has 1 amide bonds. The van der Waals surface area contributed by atoms with Crippen molar-refractivity contribution in [1.82, 2.24) is 14.0 Å². The van der Waals surface area contributed by atoms with Gasteiger partial charge in [0, 0.05) is 31.2 Å². The first-order valence-corrected chi connectivity index (χ1v) is 9.82. The second kappa shape index (κ2) is 8.91. The largest absolute Gasteiger partial charge is 0.494 e. The van der Waals surface area contributed by atoms with Crippen molar-refractivity contribution in [3.05, 3.63) is 57.4 Å². The Hall–Kier alpha value is -2.83. The molecule has 0 atom stereocenters. The fourth-order valence-electron chi connectivity index (χ4n) is 3.64. The molecular weight excluding hydrogens is 358 g/mol. The first kappa shape index (κ1) is 19.9. The van der Waals surface area contributed by atoms with E-state index in [2.05, 4.69) is 0 Å². The van der Waals surface area contributed by atoms with E-state index in [4.69, 9.17) is 4.74 Å². The highest BCUT2D eigenvalue weighted by Gasteiger charge is 2.22. The van der Waals surface area contributed by atoms with Gasteiger partial charge in [0.1, 0.15) is 12.3 Å². The molecule has 0 bridgehead atoms. The quantitative estimate of drug-likeness (QED) is 0.715. The molecule has 150 valence electrons. The van der Waals surface area contributed by atoms with Gasteiger partial charge in [-0.25, -0.2) is 0 Å². The standard InChI is InChI=1S/C21H27N3O4/c1-3-28-18-11-9-17(10-12-18)24-14-13-23(20(26)21(24)27)15-19(25)22(2)16-7-5-4-6-8-16/h9-14,16H,3-8,15H2,1-2H3. The van der Waals surface area contributed by atoms with Crippen LogP contribution in [0.3, 0.4) is 0 Å². The van der Waals surface area contributed by atoms with Crippen molar-refractivity contribution in [2.75, 3.05) is 13.7 Å². The summed E-state index contributed by atoms with van der Waals surface area (Å²) >= 11 is 0. The Balaban J connectivity index is 1.77. The van der Waals surface area contributed by atoms with E-state index in [1.807, 2.05) is 6.92 Å². The lowest BCUT2D eigenvalue weighted by Gasteiger charge is -2.31. The summed E-state index contributed by atoms with van der Waals surface area (Å²) in [5.41, 5.74) is -0.815. The number of ether oxygens (including phenoxy) is 1. The summed E-state index contributed by atoms with van der Waals surface area (Å²) in [5, 5.41) is 0. The third-order valence-corrected chi connectivity index (χ3v) is 5.31.